The molecular formula is C10H17N3O. The van der Waals surface area contributed by atoms with Gasteiger partial charge in [0.25, 0.3) is 0 Å². The van der Waals surface area contributed by atoms with Gasteiger partial charge < -0.3 is 15.8 Å². The van der Waals surface area contributed by atoms with Gasteiger partial charge in [0.15, 0.2) is 0 Å². The first-order valence-electron chi connectivity index (χ1n) is 4.72. The Morgan fingerprint density at radius 1 is 1.64 bits per heavy atom. The molecule has 0 spiro atoms. The highest BCUT2D eigenvalue weighted by atomic mass is 16.5. The molecule has 4 nitrogen and oxygen atoms in total. The van der Waals surface area contributed by atoms with E-state index in [-0.39, 0.29) is 6.04 Å². The summed E-state index contributed by atoms with van der Waals surface area (Å²) >= 11 is 0. The molecule has 0 fully saturated rings. The van der Waals surface area contributed by atoms with Gasteiger partial charge in [0.1, 0.15) is 0 Å². The van der Waals surface area contributed by atoms with E-state index in [4.69, 9.17) is 10.5 Å². The Morgan fingerprint density at radius 3 is 3.07 bits per heavy atom. The van der Waals surface area contributed by atoms with Crippen molar-refractivity contribution in [3.05, 3.63) is 23.9 Å². The number of hydrogen-bond acceptors (Lipinski definition) is 4. The number of nitrogens with zero attached hydrogens (tertiary/aromatic N) is 1. The third-order valence-corrected chi connectivity index (χ3v) is 2.06. The van der Waals surface area contributed by atoms with Gasteiger partial charge in [-0.1, -0.05) is 6.07 Å². The first-order valence-corrected chi connectivity index (χ1v) is 4.72. The zero-order chi connectivity index (χ0) is 10.4. The standard InChI is InChI=1S/C10H17N3O/c1-8(12-7-5-11)9-4-3-6-13-10(9)14-2/h3-4,6,8,12H,5,7,11H2,1-2H3/t8-/m0/s1. The van der Waals surface area contributed by atoms with Crippen LogP contribution in [-0.4, -0.2) is 25.2 Å². The molecule has 78 valence electrons. The Kier molecular flexibility index (Phi) is 4.35. The quantitative estimate of drug-likeness (QED) is 0.726. The van der Waals surface area contributed by atoms with Gasteiger partial charge in [-0.15, -0.1) is 0 Å². The summed E-state index contributed by atoms with van der Waals surface area (Å²) in [6, 6.07) is 4.11. The van der Waals surface area contributed by atoms with E-state index in [2.05, 4.69) is 17.2 Å². The van der Waals surface area contributed by atoms with Gasteiger partial charge in [0.2, 0.25) is 5.88 Å². The highest BCUT2D eigenvalue weighted by Gasteiger charge is 2.10. The van der Waals surface area contributed by atoms with E-state index in [0.717, 1.165) is 12.1 Å². The molecular weight excluding hydrogens is 178 g/mol. The van der Waals surface area contributed by atoms with E-state index < -0.39 is 0 Å². The lowest BCUT2D eigenvalue weighted by atomic mass is 10.1. The summed E-state index contributed by atoms with van der Waals surface area (Å²) in [5.74, 6) is 0.671. The van der Waals surface area contributed by atoms with Crippen molar-refractivity contribution in [1.82, 2.24) is 10.3 Å². The molecule has 0 amide bonds. The van der Waals surface area contributed by atoms with Crippen molar-refractivity contribution in [2.45, 2.75) is 13.0 Å². The molecule has 1 aromatic rings. The van der Waals surface area contributed by atoms with Crippen LogP contribution in [0.25, 0.3) is 0 Å². The summed E-state index contributed by atoms with van der Waals surface area (Å²) in [4.78, 5) is 4.13. The second-order valence-corrected chi connectivity index (χ2v) is 3.07. The summed E-state index contributed by atoms with van der Waals surface area (Å²) in [5, 5.41) is 3.28. The molecule has 4 heteroatoms. The van der Waals surface area contributed by atoms with E-state index in [1.807, 2.05) is 12.1 Å². The third-order valence-electron chi connectivity index (χ3n) is 2.06. The molecule has 0 saturated heterocycles. The van der Waals surface area contributed by atoms with Crippen LogP contribution in [0, 0.1) is 0 Å². The molecule has 0 aliphatic rings. The van der Waals surface area contributed by atoms with E-state index in [1.54, 1.807) is 13.3 Å². The van der Waals surface area contributed by atoms with Crippen molar-refractivity contribution in [2.24, 2.45) is 5.73 Å². The smallest absolute Gasteiger partial charge is 0.217 e. The predicted octanol–water partition coefficient (Wildman–Crippen LogP) is 0.700. The maximum atomic E-state index is 5.42. The number of nitrogens with two attached hydrogens (primary N) is 1. The van der Waals surface area contributed by atoms with Crippen molar-refractivity contribution >= 4 is 0 Å². The summed E-state index contributed by atoms with van der Waals surface area (Å²) < 4.78 is 5.16. The lowest BCUT2D eigenvalue weighted by Crippen LogP contribution is -2.25. The first kappa shape index (κ1) is 10.9. The minimum absolute atomic E-state index is 0.210. The van der Waals surface area contributed by atoms with Crippen molar-refractivity contribution in [3.63, 3.8) is 0 Å². The SMILES string of the molecule is COc1ncccc1[C@H](C)NCCN. The molecule has 0 saturated carbocycles. The molecule has 14 heavy (non-hydrogen) atoms. The molecule has 3 N–H and O–H groups in total. The van der Waals surface area contributed by atoms with Crippen LogP contribution in [0.3, 0.4) is 0 Å². The zero-order valence-electron chi connectivity index (χ0n) is 8.66. The van der Waals surface area contributed by atoms with Crippen molar-refractivity contribution in [2.75, 3.05) is 20.2 Å². The third kappa shape index (κ3) is 2.68. The molecule has 1 heterocycles. The number of aromatic nitrogens is 1. The van der Waals surface area contributed by atoms with E-state index in [0.29, 0.717) is 12.4 Å². The van der Waals surface area contributed by atoms with Gasteiger partial charge in [-0.25, -0.2) is 4.98 Å². The molecule has 0 aliphatic carbocycles. The van der Waals surface area contributed by atoms with Gasteiger partial charge in [0.05, 0.1) is 7.11 Å². The van der Waals surface area contributed by atoms with Gasteiger partial charge in [-0.2, -0.15) is 0 Å². The highest BCUT2D eigenvalue weighted by molar-refractivity contribution is 5.28. The van der Waals surface area contributed by atoms with Crippen molar-refractivity contribution < 1.29 is 4.74 Å². The lowest BCUT2D eigenvalue weighted by Gasteiger charge is -2.15. The van der Waals surface area contributed by atoms with Crippen molar-refractivity contribution in [3.8, 4) is 5.88 Å². The van der Waals surface area contributed by atoms with Crippen LogP contribution in [0.4, 0.5) is 0 Å². The van der Waals surface area contributed by atoms with Crippen LogP contribution < -0.4 is 15.8 Å². The van der Waals surface area contributed by atoms with Gasteiger partial charge in [-0.3, -0.25) is 0 Å². The molecule has 0 aliphatic heterocycles. The Morgan fingerprint density at radius 2 is 2.43 bits per heavy atom. The van der Waals surface area contributed by atoms with Gasteiger partial charge in [0, 0.05) is 30.9 Å². The monoisotopic (exact) mass is 195 g/mol. The summed E-state index contributed by atoms with van der Waals surface area (Å²) in [6.45, 7) is 3.49. The predicted molar refractivity (Wildman–Crippen MR) is 56.3 cm³/mol. The normalized spacial score (nSPS) is 12.5. The number of methoxy groups -OCH3 is 1. The number of rotatable bonds is 5. The Balaban J connectivity index is 2.72. The zero-order valence-corrected chi connectivity index (χ0v) is 8.66. The molecule has 0 bridgehead atoms. The van der Waals surface area contributed by atoms with Crippen LogP contribution in [0.2, 0.25) is 0 Å². The van der Waals surface area contributed by atoms with Gasteiger partial charge >= 0.3 is 0 Å². The average molecular weight is 195 g/mol. The minimum Gasteiger partial charge on any atom is -0.481 e. The Bertz CT molecular complexity index is 278. The summed E-state index contributed by atoms with van der Waals surface area (Å²) in [6.07, 6.45) is 1.72. The Hall–Kier alpha value is -1.13. The first-order chi connectivity index (χ1) is 6.79. The number of pyridine rings is 1. The minimum atomic E-state index is 0.210. The molecule has 1 atom stereocenters. The average Bonchev–Trinajstić information content (AvgIpc) is 2.25. The van der Waals surface area contributed by atoms with Crippen LogP contribution in [0.15, 0.2) is 18.3 Å². The van der Waals surface area contributed by atoms with E-state index >= 15 is 0 Å². The molecule has 1 aromatic heterocycles. The van der Waals surface area contributed by atoms with E-state index in [1.165, 1.54) is 0 Å². The molecule has 0 aromatic carbocycles. The largest absolute Gasteiger partial charge is 0.481 e. The summed E-state index contributed by atoms with van der Waals surface area (Å²) in [7, 11) is 1.63. The number of hydrogen-bond donors (Lipinski definition) is 2. The fourth-order valence-electron chi connectivity index (χ4n) is 1.31. The molecule has 1 rings (SSSR count). The highest BCUT2D eigenvalue weighted by Crippen LogP contribution is 2.21. The molecule has 0 unspecified atom stereocenters. The molecule has 0 radical (unpaired) electrons. The maximum absolute atomic E-state index is 5.42. The number of ether oxygens (including phenoxy) is 1. The van der Waals surface area contributed by atoms with Gasteiger partial charge in [-0.05, 0) is 13.0 Å². The van der Waals surface area contributed by atoms with Crippen LogP contribution >= 0.6 is 0 Å². The number of nitrogens with one attached hydrogen (secondary N) is 1. The maximum Gasteiger partial charge on any atom is 0.217 e. The van der Waals surface area contributed by atoms with Crippen molar-refractivity contribution in [1.29, 1.82) is 0 Å². The van der Waals surface area contributed by atoms with Crippen LogP contribution in [-0.2, 0) is 0 Å². The summed E-state index contributed by atoms with van der Waals surface area (Å²) in [5.41, 5.74) is 6.47. The fourth-order valence-corrected chi connectivity index (χ4v) is 1.31. The lowest BCUT2D eigenvalue weighted by molar-refractivity contribution is 0.385. The topological polar surface area (TPSA) is 60.2 Å². The second kappa shape index (κ2) is 5.57. The fraction of sp³-hybridized carbons (Fsp3) is 0.500. The van der Waals surface area contributed by atoms with Crippen LogP contribution in [0.5, 0.6) is 5.88 Å². The van der Waals surface area contributed by atoms with Crippen LogP contribution in [0.1, 0.15) is 18.5 Å². The second-order valence-electron chi connectivity index (χ2n) is 3.07. The van der Waals surface area contributed by atoms with E-state index in [9.17, 15) is 0 Å². The Labute approximate surface area is 84.5 Å².